The molecule has 2 N–H and O–H groups in total. The van der Waals surface area contributed by atoms with Crippen molar-refractivity contribution < 1.29 is 9.47 Å². The van der Waals surface area contributed by atoms with Crippen LogP contribution in [0.25, 0.3) is 0 Å². The average molecular weight is 315 g/mol. The van der Waals surface area contributed by atoms with Crippen LogP contribution in [0, 0.1) is 0 Å². The Morgan fingerprint density at radius 1 is 1.28 bits per heavy atom. The van der Waals surface area contributed by atoms with E-state index in [1.807, 2.05) is 6.07 Å². The summed E-state index contributed by atoms with van der Waals surface area (Å²) in [6, 6.07) is 4.04. The molecule has 1 aromatic carbocycles. The Hall–Kier alpha value is -0.780. The van der Waals surface area contributed by atoms with E-state index in [1.54, 1.807) is 0 Å². The quantitative estimate of drug-likeness (QED) is 0.903. The molecule has 0 unspecified atom stereocenters. The maximum atomic E-state index is 5.60. The first-order valence-electron chi connectivity index (χ1n) is 6.17. The van der Waals surface area contributed by atoms with E-state index < -0.39 is 0 Å². The average Bonchev–Trinajstić information content (AvgIpc) is 2.37. The number of hydrogen-bond donors (Lipinski definition) is 1. The second-order valence-corrected chi connectivity index (χ2v) is 5.32. The molecule has 0 spiro atoms. The Balaban J connectivity index is 2.08. The van der Waals surface area contributed by atoms with Gasteiger partial charge in [-0.3, -0.25) is 0 Å². The fourth-order valence-corrected chi connectivity index (χ4v) is 2.41. The molecule has 0 atom stereocenters. The van der Waals surface area contributed by atoms with Gasteiger partial charge in [0.15, 0.2) is 11.5 Å². The SMILES string of the molecule is CN(CCCN)Cc1cc2c(cc1Br)OCCO2. The molecule has 0 fully saturated rings. The zero-order valence-corrected chi connectivity index (χ0v) is 12.2. The van der Waals surface area contributed by atoms with Crippen molar-refractivity contribution in [2.45, 2.75) is 13.0 Å². The molecule has 0 saturated heterocycles. The van der Waals surface area contributed by atoms with Gasteiger partial charge < -0.3 is 20.1 Å². The lowest BCUT2D eigenvalue weighted by Gasteiger charge is -2.22. The van der Waals surface area contributed by atoms with Gasteiger partial charge in [-0.25, -0.2) is 0 Å². The Bertz CT molecular complexity index is 412. The van der Waals surface area contributed by atoms with E-state index in [0.717, 1.165) is 42.0 Å². The molecule has 1 aromatic rings. The van der Waals surface area contributed by atoms with Crippen LogP contribution in [-0.2, 0) is 6.54 Å². The molecule has 5 heteroatoms. The van der Waals surface area contributed by atoms with E-state index in [9.17, 15) is 0 Å². The molecule has 0 bridgehead atoms. The summed E-state index contributed by atoms with van der Waals surface area (Å²) in [4.78, 5) is 2.25. The highest BCUT2D eigenvalue weighted by atomic mass is 79.9. The molecule has 0 aromatic heterocycles. The van der Waals surface area contributed by atoms with Crippen molar-refractivity contribution in [1.29, 1.82) is 0 Å². The summed E-state index contributed by atoms with van der Waals surface area (Å²) in [5, 5.41) is 0. The van der Waals surface area contributed by atoms with Crippen molar-refractivity contribution in [3.8, 4) is 11.5 Å². The second kappa shape index (κ2) is 6.41. The van der Waals surface area contributed by atoms with Gasteiger partial charge in [-0.2, -0.15) is 0 Å². The van der Waals surface area contributed by atoms with Crippen LogP contribution in [0.5, 0.6) is 11.5 Å². The van der Waals surface area contributed by atoms with Gasteiger partial charge in [0.2, 0.25) is 0 Å². The van der Waals surface area contributed by atoms with Crippen LogP contribution in [0.1, 0.15) is 12.0 Å². The van der Waals surface area contributed by atoms with Crippen LogP contribution in [0.4, 0.5) is 0 Å². The predicted molar refractivity (Wildman–Crippen MR) is 75.1 cm³/mol. The summed E-state index contributed by atoms with van der Waals surface area (Å²) < 4.78 is 12.2. The van der Waals surface area contributed by atoms with Crippen molar-refractivity contribution in [2.24, 2.45) is 5.73 Å². The summed E-state index contributed by atoms with van der Waals surface area (Å²) >= 11 is 3.59. The standard InChI is InChI=1S/C13H19BrN2O2/c1-16(4-2-3-15)9-10-7-12-13(8-11(10)14)18-6-5-17-12/h7-8H,2-6,9,15H2,1H3. The first kappa shape index (κ1) is 13.6. The number of hydrogen-bond acceptors (Lipinski definition) is 4. The first-order chi connectivity index (χ1) is 8.70. The molecule has 0 amide bonds. The van der Waals surface area contributed by atoms with E-state index in [2.05, 4.69) is 33.9 Å². The van der Waals surface area contributed by atoms with E-state index in [1.165, 1.54) is 5.56 Å². The largest absolute Gasteiger partial charge is 0.486 e. The molecule has 4 nitrogen and oxygen atoms in total. The molecular formula is C13H19BrN2O2. The molecule has 18 heavy (non-hydrogen) atoms. The summed E-state index contributed by atoms with van der Waals surface area (Å²) in [5.41, 5.74) is 6.73. The molecule has 1 aliphatic heterocycles. The highest BCUT2D eigenvalue weighted by Crippen LogP contribution is 2.35. The lowest BCUT2D eigenvalue weighted by molar-refractivity contribution is 0.171. The highest BCUT2D eigenvalue weighted by molar-refractivity contribution is 9.10. The normalized spacial score (nSPS) is 14.0. The third kappa shape index (κ3) is 3.37. The number of rotatable bonds is 5. The highest BCUT2D eigenvalue weighted by Gasteiger charge is 2.15. The maximum absolute atomic E-state index is 5.60. The minimum Gasteiger partial charge on any atom is -0.486 e. The van der Waals surface area contributed by atoms with E-state index >= 15 is 0 Å². The first-order valence-corrected chi connectivity index (χ1v) is 6.96. The van der Waals surface area contributed by atoms with Crippen molar-refractivity contribution in [3.05, 3.63) is 22.2 Å². The Morgan fingerprint density at radius 3 is 2.61 bits per heavy atom. The third-order valence-corrected chi connectivity index (χ3v) is 3.63. The summed E-state index contributed by atoms with van der Waals surface area (Å²) in [5.74, 6) is 1.66. The lowest BCUT2D eigenvalue weighted by Crippen LogP contribution is -2.22. The van der Waals surface area contributed by atoms with Crippen LogP contribution in [-0.4, -0.2) is 38.3 Å². The Labute approximate surface area is 116 Å². The van der Waals surface area contributed by atoms with Gasteiger partial charge in [-0.15, -0.1) is 0 Å². The number of ether oxygens (including phenoxy) is 2. The molecule has 1 heterocycles. The zero-order valence-electron chi connectivity index (χ0n) is 10.6. The minimum absolute atomic E-state index is 0.620. The van der Waals surface area contributed by atoms with Gasteiger partial charge >= 0.3 is 0 Å². The molecule has 0 saturated carbocycles. The fourth-order valence-electron chi connectivity index (χ4n) is 1.96. The number of benzene rings is 1. The lowest BCUT2D eigenvalue weighted by atomic mass is 10.2. The maximum Gasteiger partial charge on any atom is 0.162 e. The van der Waals surface area contributed by atoms with Crippen LogP contribution < -0.4 is 15.2 Å². The Morgan fingerprint density at radius 2 is 1.94 bits per heavy atom. The summed E-state index contributed by atoms with van der Waals surface area (Å²) in [7, 11) is 2.10. The molecule has 1 aliphatic rings. The van der Waals surface area contributed by atoms with Crippen LogP contribution >= 0.6 is 15.9 Å². The minimum atomic E-state index is 0.620. The number of nitrogens with two attached hydrogens (primary N) is 1. The van der Waals surface area contributed by atoms with Crippen molar-refractivity contribution in [3.63, 3.8) is 0 Å². The van der Waals surface area contributed by atoms with E-state index in [0.29, 0.717) is 13.2 Å². The summed E-state index contributed by atoms with van der Waals surface area (Å²) in [6.07, 6.45) is 1.01. The van der Waals surface area contributed by atoms with Gasteiger partial charge in [0.05, 0.1) is 0 Å². The van der Waals surface area contributed by atoms with Crippen LogP contribution in [0.15, 0.2) is 16.6 Å². The second-order valence-electron chi connectivity index (χ2n) is 4.47. The van der Waals surface area contributed by atoms with Gasteiger partial charge in [0.25, 0.3) is 0 Å². The van der Waals surface area contributed by atoms with Crippen molar-refractivity contribution in [1.82, 2.24) is 4.90 Å². The van der Waals surface area contributed by atoms with Crippen molar-refractivity contribution in [2.75, 3.05) is 33.4 Å². The van der Waals surface area contributed by atoms with Crippen LogP contribution in [0.2, 0.25) is 0 Å². The van der Waals surface area contributed by atoms with Crippen molar-refractivity contribution >= 4 is 15.9 Å². The molecule has 0 radical (unpaired) electrons. The number of nitrogens with zero attached hydrogens (tertiary/aromatic N) is 1. The monoisotopic (exact) mass is 314 g/mol. The topological polar surface area (TPSA) is 47.7 Å². The Kier molecular flexibility index (Phi) is 4.86. The smallest absolute Gasteiger partial charge is 0.162 e. The van der Waals surface area contributed by atoms with Gasteiger partial charge in [-0.1, -0.05) is 15.9 Å². The van der Waals surface area contributed by atoms with Gasteiger partial charge in [-0.05, 0) is 44.3 Å². The molecule has 0 aliphatic carbocycles. The third-order valence-electron chi connectivity index (χ3n) is 2.90. The van der Waals surface area contributed by atoms with E-state index in [4.69, 9.17) is 15.2 Å². The van der Waals surface area contributed by atoms with E-state index in [-0.39, 0.29) is 0 Å². The zero-order chi connectivity index (χ0) is 13.0. The van der Waals surface area contributed by atoms with Gasteiger partial charge in [0, 0.05) is 11.0 Å². The van der Waals surface area contributed by atoms with Gasteiger partial charge in [0.1, 0.15) is 13.2 Å². The number of halogens is 1. The molecule has 100 valence electrons. The molecular weight excluding hydrogens is 296 g/mol. The number of fused-ring (bicyclic) bond motifs is 1. The van der Waals surface area contributed by atoms with Crippen LogP contribution in [0.3, 0.4) is 0 Å². The fraction of sp³-hybridized carbons (Fsp3) is 0.538. The molecule has 2 rings (SSSR count). The predicted octanol–water partition coefficient (Wildman–Crippen LogP) is 2.00. The summed E-state index contributed by atoms with van der Waals surface area (Å²) in [6.45, 7) is 3.84.